The maximum absolute atomic E-state index is 12.0. The van der Waals surface area contributed by atoms with Crippen molar-refractivity contribution in [2.24, 2.45) is 5.41 Å². The molecule has 0 unspecified atom stereocenters. The Balaban J connectivity index is 2.17. The van der Waals surface area contributed by atoms with E-state index in [0.29, 0.717) is 26.4 Å². The summed E-state index contributed by atoms with van der Waals surface area (Å²) in [6.45, 7) is 16.9. The van der Waals surface area contributed by atoms with Crippen LogP contribution in [0.2, 0.25) is 0 Å². The van der Waals surface area contributed by atoms with E-state index in [0.717, 1.165) is 12.8 Å². The molecule has 1 spiro atoms. The monoisotopic (exact) mass is 327 g/mol. The van der Waals surface area contributed by atoms with E-state index in [1.807, 2.05) is 6.92 Å². The van der Waals surface area contributed by atoms with Crippen LogP contribution in [0.1, 0.15) is 61.3 Å². The van der Waals surface area contributed by atoms with Gasteiger partial charge in [-0.15, -0.1) is 0 Å². The number of hydrogen-bond donors (Lipinski definition) is 0. The topological polar surface area (TPSA) is 48.0 Å². The van der Waals surface area contributed by atoms with Crippen LogP contribution in [0.15, 0.2) is 0 Å². The molecule has 5 nitrogen and oxygen atoms in total. The van der Waals surface area contributed by atoms with Crippen LogP contribution in [-0.2, 0) is 19.0 Å². The highest BCUT2D eigenvalue weighted by Crippen LogP contribution is 2.48. The van der Waals surface area contributed by atoms with E-state index in [9.17, 15) is 4.79 Å². The highest BCUT2D eigenvalue weighted by atomic mass is 16.7. The van der Waals surface area contributed by atoms with E-state index >= 15 is 0 Å². The highest BCUT2D eigenvalue weighted by molar-refractivity contribution is 5.72. The minimum absolute atomic E-state index is 0.0571. The van der Waals surface area contributed by atoms with Crippen LogP contribution in [0, 0.1) is 5.41 Å². The van der Waals surface area contributed by atoms with Gasteiger partial charge in [-0.2, -0.15) is 0 Å². The van der Waals surface area contributed by atoms with Gasteiger partial charge in [0.2, 0.25) is 0 Å². The fourth-order valence-electron chi connectivity index (χ4n) is 4.10. The molecule has 2 rings (SSSR count). The Morgan fingerprint density at radius 2 is 1.48 bits per heavy atom. The number of carbonyl (C=O) groups excluding carboxylic acids is 1. The fraction of sp³-hybridized carbons (Fsp3) is 0.944. The van der Waals surface area contributed by atoms with Gasteiger partial charge < -0.3 is 14.2 Å². The van der Waals surface area contributed by atoms with Gasteiger partial charge in [-0.3, -0.25) is 9.69 Å². The van der Waals surface area contributed by atoms with Gasteiger partial charge in [0.15, 0.2) is 5.79 Å². The lowest BCUT2D eigenvalue weighted by Gasteiger charge is -2.60. The van der Waals surface area contributed by atoms with Gasteiger partial charge in [0.25, 0.3) is 0 Å². The molecule has 0 aromatic carbocycles. The summed E-state index contributed by atoms with van der Waals surface area (Å²) < 4.78 is 17.6. The van der Waals surface area contributed by atoms with Gasteiger partial charge in [0.05, 0.1) is 26.4 Å². The number of carbonyl (C=O) groups is 1. The number of rotatable bonds is 3. The zero-order valence-corrected chi connectivity index (χ0v) is 15.8. The Bertz CT molecular complexity index is 426. The summed E-state index contributed by atoms with van der Waals surface area (Å²) in [6, 6.07) is 0. The van der Waals surface area contributed by atoms with Gasteiger partial charge in [0.1, 0.15) is 0 Å². The minimum Gasteiger partial charge on any atom is -0.465 e. The number of ether oxygens (including phenoxy) is 3. The lowest BCUT2D eigenvalue weighted by molar-refractivity contribution is -0.338. The third-order valence-corrected chi connectivity index (χ3v) is 4.91. The normalized spacial score (nSPS) is 28.5. The fourth-order valence-corrected chi connectivity index (χ4v) is 4.10. The second kappa shape index (κ2) is 6.01. The predicted octanol–water partition coefficient (Wildman–Crippen LogP) is 2.97. The Hall–Kier alpha value is -0.650. The molecule has 5 heteroatoms. The average molecular weight is 327 g/mol. The van der Waals surface area contributed by atoms with Gasteiger partial charge in [0, 0.05) is 29.3 Å². The molecular weight excluding hydrogens is 294 g/mol. The maximum atomic E-state index is 12.0. The molecule has 0 N–H and O–H groups in total. The molecule has 2 aliphatic heterocycles. The first-order valence-electron chi connectivity index (χ1n) is 8.63. The lowest BCUT2D eigenvalue weighted by atomic mass is 9.75. The minimum atomic E-state index is -0.548. The van der Waals surface area contributed by atoms with E-state index in [4.69, 9.17) is 14.2 Å². The summed E-state index contributed by atoms with van der Waals surface area (Å²) in [5.74, 6) is -0.718. The SMILES string of the molecule is CCOC(=O)CN1C(C)(C)CC2(CC1(C)C)OCC(C)(C)CO2. The van der Waals surface area contributed by atoms with E-state index < -0.39 is 5.79 Å². The molecule has 0 aromatic rings. The largest absolute Gasteiger partial charge is 0.465 e. The molecule has 23 heavy (non-hydrogen) atoms. The molecule has 0 saturated carbocycles. The Morgan fingerprint density at radius 1 is 1.00 bits per heavy atom. The predicted molar refractivity (Wildman–Crippen MR) is 89.1 cm³/mol. The van der Waals surface area contributed by atoms with Crippen molar-refractivity contribution < 1.29 is 19.0 Å². The summed E-state index contributed by atoms with van der Waals surface area (Å²) >= 11 is 0. The Labute approximate surface area is 140 Å². The first-order valence-corrected chi connectivity index (χ1v) is 8.63. The van der Waals surface area contributed by atoms with Crippen LogP contribution in [-0.4, -0.2) is 54.1 Å². The number of piperidine rings is 1. The number of likely N-dealkylation sites (tertiary alicyclic amines) is 1. The molecular formula is C18H33NO4. The number of esters is 1. The van der Waals surface area contributed by atoms with E-state index in [1.54, 1.807) is 0 Å². The second-order valence-electron chi connectivity index (χ2n) is 9.02. The first-order chi connectivity index (χ1) is 10.4. The third-order valence-electron chi connectivity index (χ3n) is 4.91. The molecule has 0 atom stereocenters. The van der Waals surface area contributed by atoms with Crippen LogP contribution >= 0.6 is 0 Å². The summed E-state index contributed by atoms with van der Waals surface area (Å²) in [5, 5.41) is 0. The van der Waals surface area contributed by atoms with Crippen LogP contribution in [0.25, 0.3) is 0 Å². The summed E-state index contributed by atoms with van der Waals surface area (Å²) in [6.07, 6.45) is 1.50. The van der Waals surface area contributed by atoms with Crippen molar-refractivity contribution in [2.45, 2.75) is 78.2 Å². The lowest BCUT2D eigenvalue weighted by Crippen LogP contribution is -2.68. The van der Waals surface area contributed by atoms with Gasteiger partial charge in [-0.05, 0) is 34.6 Å². The van der Waals surface area contributed by atoms with Crippen LogP contribution in [0.4, 0.5) is 0 Å². The van der Waals surface area contributed by atoms with Crippen molar-refractivity contribution in [1.29, 1.82) is 0 Å². The summed E-state index contributed by atoms with van der Waals surface area (Å²) in [4.78, 5) is 14.2. The number of hydrogen-bond acceptors (Lipinski definition) is 5. The number of nitrogens with zero attached hydrogens (tertiary/aromatic N) is 1. The molecule has 2 fully saturated rings. The molecule has 0 aliphatic carbocycles. The quantitative estimate of drug-likeness (QED) is 0.746. The van der Waals surface area contributed by atoms with Gasteiger partial charge in [-0.1, -0.05) is 13.8 Å². The molecule has 2 heterocycles. The van der Waals surface area contributed by atoms with E-state index in [2.05, 4.69) is 46.4 Å². The van der Waals surface area contributed by atoms with Crippen molar-refractivity contribution in [3.8, 4) is 0 Å². The molecule has 0 aromatic heterocycles. The van der Waals surface area contributed by atoms with Crippen LogP contribution < -0.4 is 0 Å². The molecule has 2 saturated heterocycles. The third kappa shape index (κ3) is 4.06. The Morgan fingerprint density at radius 3 is 1.91 bits per heavy atom. The van der Waals surface area contributed by atoms with Crippen molar-refractivity contribution in [3.05, 3.63) is 0 Å². The smallest absolute Gasteiger partial charge is 0.320 e. The van der Waals surface area contributed by atoms with E-state index in [1.165, 1.54) is 0 Å². The van der Waals surface area contributed by atoms with Crippen LogP contribution in [0.5, 0.6) is 0 Å². The van der Waals surface area contributed by atoms with Crippen molar-refractivity contribution in [3.63, 3.8) is 0 Å². The molecule has 0 bridgehead atoms. The highest BCUT2D eigenvalue weighted by Gasteiger charge is 2.56. The maximum Gasteiger partial charge on any atom is 0.320 e. The van der Waals surface area contributed by atoms with E-state index in [-0.39, 0.29) is 22.5 Å². The average Bonchev–Trinajstić information content (AvgIpc) is 2.38. The van der Waals surface area contributed by atoms with Crippen LogP contribution in [0.3, 0.4) is 0 Å². The molecule has 0 amide bonds. The van der Waals surface area contributed by atoms with Crippen molar-refractivity contribution in [2.75, 3.05) is 26.4 Å². The zero-order chi connectivity index (χ0) is 17.5. The molecule has 2 aliphatic rings. The molecule has 134 valence electrons. The second-order valence-corrected chi connectivity index (χ2v) is 9.02. The van der Waals surface area contributed by atoms with Crippen molar-refractivity contribution >= 4 is 5.97 Å². The molecule has 0 radical (unpaired) electrons. The first kappa shape index (κ1) is 18.7. The van der Waals surface area contributed by atoms with Gasteiger partial charge >= 0.3 is 5.97 Å². The zero-order valence-electron chi connectivity index (χ0n) is 15.8. The van der Waals surface area contributed by atoms with Crippen molar-refractivity contribution in [1.82, 2.24) is 4.90 Å². The summed E-state index contributed by atoms with van der Waals surface area (Å²) in [7, 11) is 0. The Kier molecular flexibility index (Phi) is 4.88. The van der Waals surface area contributed by atoms with Gasteiger partial charge in [-0.25, -0.2) is 0 Å². The summed E-state index contributed by atoms with van der Waals surface area (Å²) in [5.41, 5.74) is -0.367. The standard InChI is InChI=1S/C18H33NO4/c1-8-21-14(20)9-19-16(4,5)10-18(11-17(19,6)7)22-12-15(2,3)13-23-18/h8-13H2,1-7H3.